The van der Waals surface area contributed by atoms with E-state index in [4.69, 9.17) is 36.3 Å². The van der Waals surface area contributed by atoms with Crippen LogP contribution in [0.4, 0.5) is 0 Å². The van der Waals surface area contributed by atoms with Crippen molar-refractivity contribution in [2.75, 3.05) is 49.8 Å². The van der Waals surface area contributed by atoms with Gasteiger partial charge in [-0.25, -0.2) is 4.79 Å². The minimum Gasteiger partial charge on any atom is -0.460 e. The summed E-state index contributed by atoms with van der Waals surface area (Å²) in [7, 11) is 6.45. The molecule has 1 heterocycles. The third-order valence-electron chi connectivity index (χ3n) is 5.44. The van der Waals surface area contributed by atoms with Gasteiger partial charge in [-0.2, -0.15) is 0 Å². The van der Waals surface area contributed by atoms with Crippen molar-refractivity contribution in [2.45, 2.75) is 56.2 Å². The standard InChI is InChI=1S/C10H20O5Si.C9H20O4Si/c1-6-10(11)15-9(2)7-8-16(12-3,13-4)14-5;1-10-9(11-2)7-5-6-8-14(9,12-3)13-4/h6,9H,1,7-8H2,2-5H3;5-8H2,1-4H3. The van der Waals surface area contributed by atoms with Crippen LogP contribution in [0.1, 0.15) is 32.6 Å². The zero-order chi connectivity index (χ0) is 23.3. The molecule has 1 fully saturated rings. The predicted octanol–water partition coefficient (Wildman–Crippen LogP) is 2.81. The molecule has 0 aromatic carbocycles. The molecular weight excluding hydrogens is 428 g/mol. The van der Waals surface area contributed by atoms with E-state index in [0.717, 1.165) is 31.4 Å². The molecule has 0 spiro atoms. The number of ether oxygens (including phenoxy) is 3. The van der Waals surface area contributed by atoms with Gasteiger partial charge in [-0.05, 0) is 25.8 Å². The smallest absolute Gasteiger partial charge is 0.460 e. The summed E-state index contributed by atoms with van der Waals surface area (Å²) in [6, 6.07) is 1.53. The molecule has 1 saturated heterocycles. The van der Waals surface area contributed by atoms with Crippen LogP contribution in [0.5, 0.6) is 0 Å². The van der Waals surface area contributed by atoms with E-state index in [9.17, 15) is 4.79 Å². The van der Waals surface area contributed by atoms with E-state index in [0.29, 0.717) is 12.5 Å². The van der Waals surface area contributed by atoms with Crippen LogP contribution in [0.3, 0.4) is 0 Å². The molecule has 1 rings (SSSR count). The Balaban J connectivity index is 0.000000564. The van der Waals surface area contributed by atoms with Gasteiger partial charge in [0.25, 0.3) is 0 Å². The number of hydrogen-bond donors (Lipinski definition) is 0. The Hall–Kier alpha value is -0.636. The van der Waals surface area contributed by atoms with Gasteiger partial charge in [0.15, 0.2) is 0 Å². The molecule has 1 aliphatic rings. The fourth-order valence-electron chi connectivity index (χ4n) is 3.53. The van der Waals surface area contributed by atoms with Gasteiger partial charge in [0.1, 0.15) is 0 Å². The lowest BCUT2D eigenvalue weighted by molar-refractivity contribution is -0.183. The van der Waals surface area contributed by atoms with E-state index in [2.05, 4.69) is 6.58 Å². The molecule has 1 atom stereocenters. The summed E-state index contributed by atoms with van der Waals surface area (Å²) in [5, 5.41) is 0. The van der Waals surface area contributed by atoms with Crippen molar-refractivity contribution in [1.29, 1.82) is 0 Å². The van der Waals surface area contributed by atoms with Crippen molar-refractivity contribution in [2.24, 2.45) is 0 Å². The van der Waals surface area contributed by atoms with Gasteiger partial charge in [0, 0.05) is 68.3 Å². The Labute approximate surface area is 183 Å². The second-order valence-electron chi connectivity index (χ2n) is 6.82. The zero-order valence-electron chi connectivity index (χ0n) is 19.8. The highest BCUT2D eigenvalue weighted by atomic mass is 28.4. The van der Waals surface area contributed by atoms with Gasteiger partial charge in [-0.15, -0.1) is 0 Å². The van der Waals surface area contributed by atoms with E-state index in [1.165, 1.54) is 0 Å². The maximum atomic E-state index is 10.9. The summed E-state index contributed by atoms with van der Waals surface area (Å²) >= 11 is 0. The molecule has 1 unspecified atom stereocenters. The Kier molecular flexibility index (Phi) is 14.1. The Morgan fingerprint density at radius 3 is 1.93 bits per heavy atom. The van der Waals surface area contributed by atoms with Crippen LogP contribution in [0.25, 0.3) is 0 Å². The molecular formula is C19H40O9Si2. The summed E-state index contributed by atoms with van der Waals surface area (Å²) in [4.78, 5) is 10.9. The summed E-state index contributed by atoms with van der Waals surface area (Å²) in [6.45, 7) is 5.14. The molecule has 0 aromatic rings. The Bertz CT molecular complexity index is 464. The molecule has 0 bridgehead atoms. The average Bonchev–Trinajstić information content (AvgIpc) is 2.80. The number of hydrogen-bond acceptors (Lipinski definition) is 9. The van der Waals surface area contributed by atoms with Crippen LogP contribution >= 0.6 is 0 Å². The van der Waals surface area contributed by atoms with E-state index in [-0.39, 0.29) is 6.10 Å². The van der Waals surface area contributed by atoms with Crippen LogP contribution in [0, 0.1) is 0 Å². The van der Waals surface area contributed by atoms with Gasteiger partial charge in [-0.3, -0.25) is 0 Å². The Morgan fingerprint density at radius 1 is 1.03 bits per heavy atom. The van der Waals surface area contributed by atoms with Crippen molar-refractivity contribution in [3.8, 4) is 0 Å². The molecule has 178 valence electrons. The molecule has 30 heavy (non-hydrogen) atoms. The van der Waals surface area contributed by atoms with Crippen molar-refractivity contribution < 1.29 is 41.1 Å². The topological polar surface area (TPSA) is 90.9 Å². The highest BCUT2D eigenvalue weighted by molar-refractivity contribution is 6.70. The maximum absolute atomic E-state index is 10.9. The van der Waals surface area contributed by atoms with Gasteiger partial charge in [0.05, 0.1) is 6.10 Å². The number of carbonyl (C=O) groups is 1. The molecule has 0 saturated carbocycles. The fraction of sp³-hybridized carbons (Fsp3) is 0.842. The Morgan fingerprint density at radius 2 is 1.57 bits per heavy atom. The van der Waals surface area contributed by atoms with Crippen LogP contribution < -0.4 is 0 Å². The largest absolute Gasteiger partial charge is 0.500 e. The van der Waals surface area contributed by atoms with Gasteiger partial charge < -0.3 is 36.3 Å². The summed E-state index contributed by atoms with van der Waals surface area (Å²) in [5.41, 5.74) is -0.630. The van der Waals surface area contributed by atoms with Crippen molar-refractivity contribution >= 4 is 23.3 Å². The maximum Gasteiger partial charge on any atom is 0.500 e. The van der Waals surface area contributed by atoms with Crippen LogP contribution in [0.2, 0.25) is 12.1 Å². The second-order valence-corrected chi connectivity index (χ2v) is 13.5. The molecule has 0 radical (unpaired) electrons. The molecule has 0 N–H and O–H groups in total. The van der Waals surface area contributed by atoms with Crippen molar-refractivity contribution in [3.63, 3.8) is 0 Å². The fourth-order valence-corrected chi connectivity index (χ4v) is 8.88. The third kappa shape index (κ3) is 7.50. The van der Waals surface area contributed by atoms with Crippen LogP contribution in [-0.4, -0.2) is 84.6 Å². The highest BCUT2D eigenvalue weighted by Crippen LogP contribution is 2.40. The van der Waals surface area contributed by atoms with E-state index in [1.807, 2.05) is 6.92 Å². The number of methoxy groups -OCH3 is 2. The zero-order valence-corrected chi connectivity index (χ0v) is 21.8. The first-order valence-electron chi connectivity index (χ1n) is 9.92. The number of rotatable bonds is 12. The summed E-state index contributed by atoms with van der Waals surface area (Å²) in [5.74, 6) is -0.424. The first-order chi connectivity index (χ1) is 14.2. The first-order valence-corrected chi connectivity index (χ1v) is 13.9. The lowest BCUT2D eigenvalue weighted by Gasteiger charge is -2.46. The monoisotopic (exact) mass is 468 g/mol. The van der Waals surface area contributed by atoms with Crippen molar-refractivity contribution in [3.05, 3.63) is 12.7 Å². The van der Waals surface area contributed by atoms with E-state index in [1.54, 1.807) is 49.8 Å². The lowest BCUT2D eigenvalue weighted by Crippen LogP contribution is -2.65. The normalized spacial score (nSPS) is 18.7. The highest BCUT2D eigenvalue weighted by Gasteiger charge is 2.60. The summed E-state index contributed by atoms with van der Waals surface area (Å²) < 4.78 is 43.0. The molecule has 1 aliphatic heterocycles. The third-order valence-corrected chi connectivity index (χ3v) is 12.4. The molecule has 0 aliphatic carbocycles. The van der Waals surface area contributed by atoms with Crippen LogP contribution in [-0.2, 0) is 41.1 Å². The number of esters is 1. The average molecular weight is 469 g/mol. The number of carbonyl (C=O) groups excluding carboxylic acids is 1. The van der Waals surface area contributed by atoms with Gasteiger partial charge in [-0.1, -0.05) is 13.0 Å². The minimum atomic E-state index is -2.56. The van der Waals surface area contributed by atoms with Crippen LogP contribution in [0.15, 0.2) is 12.7 Å². The lowest BCUT2D eigenvalue weighted by atomic mass is 10.2. The van der Waals surface area contributed by atoms with Gasteiger partial charge in [0.2, 0.25) is 5.41 Å². The SMILES string of the molecule is C=CC(=O)OC(C)CC[Si](OC)(OC)OC.COC1(OC)CCCC[Si]1(OC)OC. The second kappa shape index (κ2) is 14.4. The summed E-state index contributed by atoms with van der Waals surface area (Å²) in [6.07, 6.45) is 4.64. The molecule has 9 nitrogen and oxygen atoms in total. The van der Waals surface area contributed by atoms with E-state index >= 15 is 0 Å². The minimum absolute atomic E-state index is 0.210. The first kappa shape index (κ1) is 29.4. The van der Waals surface area contributed by atoms with Crippen molar-refractivity contribution in [1.82, 2.24) is 0 Å². The van der Waals surface area contributed by atoms with E-state index < -0.39 is 28.7 Å². The quantitative estimate of drug-likeness (QED) is 0.185. The molecule has 11 heteroatoms. The predicted molar refractivity (Wildman–Crippen MR) is 117 cm³/mol. The molecule has 0 aromatic heterocycles. The van der Waals surface area contributed by atoms with Gasteiger partial charge >= 0.3 is 23.3 Å². The molecule has 0 amide bonds.